The van der Waals surface area contributed by atoms with Gasteiger partial charge < -0.3 is 20.1 Å². The molecular weight excluding hydrogens is 535 g/mol. The number of nitrogens with two attached hydrogens (primary N) is 1. The van der Waals surface area contributed by atoms with Crippen LogP contribution in [-0.2, 0) is 21.9 Å². The third kappa shape index (κ3) is 5.49. The van der Waals surface area contributed by atoms with Crippen LogP contribution in [0.25, 0.3) is 0 Å². The highest BCUT2D eigenvalue weighted by Gasteiger charge is 2.46. The second-order valence-corrected chi connectivity index (χ2v) is 8.82. The fraction of sp³-hybridized carbons (Fsp3) is 0.450. The van der Waals surface area contributed by atoms with Crippen LogP contribution in [0.4, 0.5) is 27.9 Å². The van der Waals surface area contributed by atoms with Gasteiger partial charge in [0.15, 0.2) is 5.72 Å². The number of ether oxygens (including phenoxy) is 2. The number of benzene rings is 1. The lowest BCUT2D eigenvalue weighted by molar-refractivity contribution is -0.219. The molecule has 0 aliphatic carbocycles. The predicted molar refractivity (Wildman–Crippen MR) is 113 cm³/mol. The number of hydrogen-bond donors (Lipinski definition) is 1. The van der Waals surface area contributed by atoms with Crippen molar-refractivity contribution >= 4 is 27.8 Å². The van der Waals surface area contributed by atoms with Gasteiger partial charge in [0.2, 0.25) is 11.8 Å². The summed E-state index contributed by atoms with van der Waals surface area (Å²) in [4.78, 5) is 30.5. The normalized spacial score (nSPS) is 16.6. The molecule has 34 heavy (non-hydrogen) atoms. The summed E-state index contributed by atoms with van der Waals surface area (Å²) in [5.74, 6) is -4.60. The lowest BCUT2D eigenvalue weighted by Gasteiger charge is -2.32. The number of rotatable bonds is 6. The van der Waals surface area contributed by atoms with Crippen molar-refractivity contribution in [2.24, 2.45) is 5.73 Å². The largest absolute Gasteiger partial charge is 0.491 e. The van der Waals surface area contributed by atoms with Gasteiger partial charge in [-0.15, -0.1) is 0 Å². The van der Waals surface area contributed by atoms with Crippen LogP contribution in [0.1, 0.15) is 25.8 Å². The number of aromatic nitrogens is 2. The summed E-state index contributed by atoms with van der Waals surface area (Å²) < 4.78 is 76.1. The minimum atomic E-state index is -5.29. The van der Waals surface area contributed by atoms with E-state index in [1.165, 1.54) is 4.90 Å². The monoisotopic (exact) mass is 554 g/mol. The highest BCUT2D eigenvalue weighted by Crippen LogP contribution is 2.31. The molecule has 186 valence electrons. The maximum absolute atomic E-state index is 14.0. The molecule has 0 unspecified atom stereocenters. The van der Waals surface area contributed by atoms with Gasteiger partial charge in [-0.05, 0) is 48.3 Å². The molecule has 2 N–H and O–H groups in total. The molecule has 1 saturated heterocycles. The molecule has 14 heteroatoms. The molecule has 0 bridgehead atoms. The number of esters is 1. The van der Waals surface area contributed by atoms with Gasteiger partial charge in [0.25, 0.3) is 5.56 Å². The zero-order valence-corrected chi connectivity index (χ0v) is 19.5. The molecule has 1 aromatic carbocycles. The van der Waals surface area contributed by atoms with Crippen molar-refractivity contribution in [1.82, 2.24) is 9.55 Å². The molecule has 1 aliphatic rings. The van der Waals surface area contributed by atoms with Gasteiger partial charge in [0, 0.05) is 30.8 Å². The van der Waals surface area contributed by atoms with E-state index in [1.54, 1.807) is 0 Å². The first-order valence-electron chi connectivity index (χ1n) is 9.91. The molecule has 1 fully saturated rings. The van der Waals surface area contributed by atoms with Crippen molar-refractivity contribution in [2.75, 3.05) is 18.0 Å². The number of alkyl halides is 3. The van der Waals surface area contributed by atoms with E-state index >= 15 is 0 Å². The Morgan fingerprint density at radius 1 is 1.29 bits per heavy atom. The summed E-state index contributed by atoms with van der Waals surface area (Å²) in [6.45, 7) is 2.29. The lowest BCUT2D eigenvalue weighted by Crippen LogP contribution is -2.46. The van der Waals surface area contributed by atoms with Crippen LogP contribution in [0.5, 0.6) is 5.88 Å². The minimum Gasteiger partial charge on any atom is -0.472 e. The average Bonchev–Trinajstić information content (AvgIpc) is 3.15. The summed E-state index contributed by atoms with van der Waals surface area (Å²) in [6, 6.07) is 2.54. The highest BCUT2D eigenvalue weighted by molar-refractivity contribution is 9.10. The van der Waals surface area contributed by atoms with E-state index in [1.807, 2.05) is 0 Å². The topological polar surface area (TPSA) is 99.7 Å². The Kier molecular flexibility index (Phi) is 7.22. The van der Waals surface area contributed by atoms with E-state index in [2.05, 4.69) is 25.7 Å². The summed E-state index contributed by atoms with van der Waals surface area (Å²) in [6.07, 6.45) is -4.78. The summed E-state index contributed by atoms with van der Waals surface area (Å²) >= 11 is 3.01. The first kappa shape index (κ1) is 25.9. The third-order valence-electron chi connectivity index (χ3n) is 4.98. The van der Waals surface area contributed by atoms with Crippen LogP contribution >= 0.6 is 15.9 Å². The van der Waals surface area contributed by atoms with Gasteiger partial charge in [-0.25, -0.2) is 18.1 Å². The number of halogens is 6. The first-order valence-corrected chi connectivity index (χ1v) is 10.7. The maximum Gasteiger partial charge on any atom is 0.491 e. The average molecular weight is 555 g/mol. The van der Waals surface area contributed by atoms with Gasteiger partial charge in [-0.3, -0.25) is 4.79 Å². The molecule has 3 rings (SSSR count). The predicted octanol–water partition coefficient (Wildman–Crippen LogP) is 3.20. The van der Waals surface area contributed by atoms with Crippen molar-refractivity contribution in [1.29, 1.82) is 0 Å². The Labute approximate surface area is 198 Å². The maximum atomic E-state index is 14.0. The zero-order chi connectivity index (χ0) is 25.4. The molecule has 0 amide bonds. The van der Waals surface area contributed by atoms with Gasteiger partial charge in [-0.1, -0.05) is 0 Å². The molecule has 0 saturated carbocycles. The van der Waals surface area contributed by atoms with Crippen LogP contribution in [0.15, 0.2) is 27.5 Å². The fourth-order valence-electron chi connectivity index (χ4n) is 3.35. The SMILES string of the molecule is CC(C)(OC(=O)C(F)(F)F)n1c(N2CC[C@H](N)C2)nc(OCc2ccc(F)cc2F)c(Br)c1=O. The van der Waals surface area contributed by atoms with Crippen LogP contribution in [-0.4, -0.2) is 40.8 Å². The molecule has 1 atom stereocenters. The zero-order valence-electron chi connectivity index (χ0n) is 18.0. The van der Waals surface area contributed by atoms with Gasteiger partial charge in [0.1, 0.15) is 22.7 Å². The molecule has 1 aromatic heterocycles. The van der Waals surface area contributed by atoms with E-state index in [0.29, 0.717) is 19.0 Å². The summed E-state index contributed by atoms with van der Waals surface area (Å²) in [5, 5.41) is 0. The van der Waals surface area contributed by atoms with Crippen LogP contribution in [0.3, 0.4) is 0 Å². The molecule has 1 aliphatic heterocycles. The Balaban J connectivity index is 2.04. The molecule has 8 nitrogen and oxygen atoms in total. The fourth-order valence-corrected chi connectivity index (χ4v) is 3.73. The van der Waals surface area contributed by atoms with Crippen molar-refractivity contribution in [3.8, 4) is 5.88 Å². The van der Waals surface area contributed by atoms with E-state index in [9.17, 15) is 31.5 Å². The van der Waals surface area contributed by atoms with Gasteiger partial charge in [-0.2, -0.15) is 18.2 Å². The number of nitrogens with zero attached hydrogens (tertiary/aromatic N) is 3. The van der Waals surface area contributed by atoms with Crippen LogP contribution in [0.2, 0.25) is 0 Å². The number of anilines is 1. The molecule has 2 aromatic rings. The van der Waals surface area contributed by atoms with Gasteiger partial charge >= 0.3 is 12.1 Å². The van der Waals surface area contributed by atoms with Crippen LogP contribution < -0.4 is 20.9 Å². The smallest absolute Gasteiger partial charge is 0.472 e. The molecule has 0 spiro atoms. The van der Waals surface area contributed by atoms with Crippen molar-refractivity contribution in [2.45, 2.75) is 44.8 Å². The minimum absolute atomic E-state index is 0.0246. The summed E-state index contributed by atoms with van der Waals surface area (Å²) in [5.41, 5.74) is 2.88. The Hall–Kier alpha value is -2.74. The van der Waals surface area contributed by atoms with Crippen molar-refractivity contribution < 1.29 is 36.2 Å². The standard InChI is InChI=1S/C20H20BrF5N4O4/c1-19(2,34-17(32)20(24,25)26)30-16(31)14(21)15(28-18(30)29-6-5-12(27)8-29)33-9-10-3-4-11(22)7-13(10)23/h3-4,7,12H,5-6,8-9,27H2,1-2H3/t12-/m0/s1. The van der Waals surface area contributed by atoms with Crippen molar-refractivity contribution in [3.05, 3.63) is 50.2 Å². The lowest BCUT2D eigenvalue weighted by atomic mass is 10.2. The summed E-state index contributed by atoms with van der Waals surface area (Å²) in [7, 11) is 0. The van der Waals surface area contributed by atoms with E-state index in [4.69, 9.17) is 10.5 Å². The van der Waals surface area contributed by atoms with Gasteiger partial charge in [0.05, 0.1) is 0 Å². The Bertz CT molecular complexity index is 1160. The van der Waals surface area contributed by atoms with Crippen molar-refractivity contribution in [3.63, 3.8) is 0 Å². The second kappa shape index (κ2) is 9.49. The van der Waals surface area contributed by atoms with E-state index in [-0.39, 0.29) is 34.5 Å². The third-order valence-corrected chi connectivity index (χ3v) is 5.66. The quantitative estimate of drug-likeness (QED) is 0.432. The Morgan fingerprint density at radius 3 is 2.53 bits per heavy atom. The Morgan fingerprint density at radius 2 is 1.97 bits per heavy atom. The second-order valence-electron chi connectivity index (χ2n) is 8.02. The van der Waals surface area contributed by atoms with Crippen LogP contribution in [0, 0.1) is 11.6 Å². The first-order chi connectivity index (χ1) is 15.7. The molecule has 0 radical (unpaired) electrons. The number of hydrogen-bond acceptors (Lipinski definition) is 7. The van der Waals surface area contributed by atoms with E-state index in [0.717, 1.165) is 30.5 Å². The van der Waals surface area contributed by atoms with E-state index < -0.39 is 41.7 Å². The molecule has 2 heterocycles. The number of carbonyl (C=O) groups is 1. The number of carbonyl (C=O) groups excluding carboxylic acids is 1. The molecular formula is C20H20BrF5N4O4. The highest BCUT2D eigenvalue weighted by atomic mass is 79.9.